The first-order chi connectivity index (χ1) is 11.1. The summed E-state index contributed by atoms with van der Waals surface area (Å²) in [5.41, 5.74) is 0.977. The highest BCUT2D eigenvalue weighted by Crippen LogP contribution is 2.30. The van der Waals surface area contributed by atoms with E-state index in [0.717, 1.165) is 27.5 Å². The fraction of sp³-hybridized carbons (Fsp3) is 0.438. The molecule has 0 N–H and O–H groups in total. The van der Waals surface area contributed by atoms with Gasteiger partial charge in [-0.15, -0.1) is 0 Å². The van der Waals surface area contributed by atoms with Gasteiger partial charge >= 0.3 is 5.97 Å². The molecule has 1 aromatic carbocycles. The van der Waals surface area contributed by atoms with Gasteiger partial charge in [0.15, 0.2) is 4.80 Å². The molecule has 0 unspecified atom stereocenters. The van der Waals surface area contributed by atoms with Crippen molar-refractivity contribution in [1.82, 2.24) is 4.57 Å². The number of hydrogen-bond donors (Lipinski definition) is 0. The van der Waals surface area contributed by atoms with Crippen LogP contribution in [-0.4, -0.2) is 23.1 Å². The van der Waals surface area contributed by atoms with Crippen LogP contribution in [0.5, 0.6) is 0 Å². The SMILES string of the molecule is CCOC(=O)CCn1c(=NC(=O)C2CC2)sc2cc(Br)ccc21. The van der Waals surface area contributed by atoms with E-state index < -0.39 is 0 Å². The van der Waals surface area contributed by atoms with Crippen LogP contribution in [0, 0.1) is 5.92 Å². The summed E-state index contributed by atoms with van der Waals surface area (Å²) >= 11 is 4.93. The van der Waals surface area contributed by atoms with E-state index in [1.807, 2.05) is 22.8 Å². The Morgan fingerprint density at radius 3 is 2.91 bits per heavy atom. The number of aromatic nitrogens is 1. The summed E-state index contributed by atoms with van der Waals surface area (Å²) in [5.74, 6) is -0.207. The number of esters is 1. The zero-order chi connectivity index (χ0) is 16.4. The summed E-state index contributed by atoms with van der Waals surface area (Å²) in [6.07, 6.45) is 2.13. The predicted octanol–water partition coefficient (Wildman–Crippen LogP) is 3.26. The first-order valence-electron chi connectivity index (χ1n) is 7.61. The van der Waals surface area contributed by atoms with E-state index in [2.05, 4.69) is 20.9 Å². The first kappa shape index (κ1) is 16.4. The lowest BCUT2D eigenvalue weighted by Crippen LogP contribution is -2.19. The van der Waals surface area contributed by atoms with Crippen molar-refractivity contribution >= 4 is 49.4 Å². The van der Waals surface area contributed by atoms with E-state index in [-0.39, 0.29) is 24.2 Å². The van der Waals surface area contributed by atoms with Crippen molar-refractivity contribution in [2.45, 2.75) is 32.7 Å². The van der Waals surface area contributed by atoms with Gasteiger partial charge in [-0.2, -0.15) is 4.99 Å². The number of benzene rings is 1. The van der Waals surface area contributed by atoms with Gasteiger partial charge in [-0.25, -0.2) is 0 Å². The molecule has 1 heterocycles. The van der Waals surface area contributed by atoms with E-state index >= 15 is 0 Å². The number of halogens is 1. The van der Waals surface area contributed by atoms with E-state index in [9.17, 15) is 9.59 Å². The molecule has 23 heavy (non-hydrogen) atoms. The van der Waals surface area contributed by atoms with Crippen molar-refractivity contribution in [1.29, 1.82) is 0 Å². The fourth-order valence-corrected chi connectivity index (χ4v) is 3.91. The molecule has 122 valence electrons. The molecule has 0 aliphatic heterocycles. The van der Waals surface area contributed by atoms with Crippen molar-refractivity contribution in [3.05, 3.63) is 27.5 Å². The van der Waals surface area contributed by atoms with Crippen molar-refractivity contribution in [2.24, 2.45) is 10.9 Å². The lowest BCUT2D eigenvalue weighted by molar-refractivity contribution is -0.143. The van der Waals surface area contributed by atoms with E-state index in [1.165, 1.54) is 11.3 Å². The van der Waals surface area contributed by atoms with Gasteiger partial charge < -0.3 is 9.30 Å². The maximum atomic E-state index is 12.0. The third-order valence-electron chi connectivity index (χ3n) is 3.62. The van der Waals surface area contributed by atoms with Crippen LogP contribution in [0.4, 0.5) is 0 Å². The maximum absolute atomic E-state index is 12.0. The summed E-state index contributed by atoms with van der Waals surface area (Å²) in [6.45, 7) is 2.62. The number of fused-ring (bicyclic) bond motifs is 1. The van der Waals surface area contributed by atoms with Crippen LogP contribution >= 0.6 is 27.3 Å². The molecule has 2 aromatic rings. The quantitative estimate of drug-likeness (QED) is 0.728. The minimum Gasteiger partial charge on any atom is -0.466 e. The number of hydrogen-bond acceptors (Lipinski definition) is 4. The molecular weight excluding hydrogens is 380 g/mol. The van der Waals surface area contributed by atoms with Crippen LogP contribution < -0.4 is 4.80 Å². The van der Waals surface area contributed by atoms with Gasteiger partial charge in [-0.1, -0.05) is 27.3 Å². The van der Waals surface area contributed by atoms with Crippen LogP contribution in [0.3, 0.4) is 0 Å². The van der Waals surface area contributed by atoms with Gasteiger partial charge in [0.25, 0.3) is 5.91 Å². The number of carbonyl (C=O) groups excluding carboxylic acids is 2. The van der Waals surface area contributed by atoms with E-state index in [0.29, 0.717) is 18.0 Å². The number of nitrogens with zero attached hydrogens (tertiary/aromatic N) is 2. The van der Waals surface area contributed by atoms with Crippen LogP contribution in [0.2, 0.25) is 0 Å². The van der Waals surface area contributed by atoms with Gasteiger partial charge in [0.2, 0.25) is 0 Å². The molecule has 0 atom stereocenters. The topological polar surface area (TPSA) is 60.7 Å². The largest absolute Gasteiger partial charge is 0.466 e. The highest BCUT2D eigenvalue weighted by molar-refractivity contribution is 9.10. The molecule has 1 fully saturated rings. The normalized spacial score (nSPS) is 15.1. The third kappa shape index (κ3) is 3.90. The van der Waals surface area contributed by atoms with Crippen LogP contribution in [-0.2, 0) is 20.9 Å². The molecule has 1 aliphatic rings. The van der Waals surface area contributed by atoms with Crippen LogP contribution in [0.1, 0.15) is 26.2 Å². The second-order valence-corrected chi connectivity index (χ2v) is 7.35. The molecule has 0 saturated heterocycles. The van der Waals surface area contributed by atoms with Crippen molar-refractivity contribution in [2.75, 3.05) is 6.61 Å². The zero-order valence-electron chi connectivity index (χ0n) is 12.8. The molecule has 1 aromatic heterocycles. The Bertz CT molecular complexity index is 820. The lowest BCUT2D eigenvalue weighted by Gasteiger charge is -2.05. The molecule has 1 aliphatic carbocycles. The molecule has 1 amide bonds. The summed E-state index contributed by atoms with van der Waals surface area (Å²) in [6, 6.07) is 5.92. The highest BCUT2D eigenvalue weighted by atomic mass is 79.9. The van der Waals surface area contributed by atoms with Gasteiger partial charge in [-0.05, 0) is 38.0 Å². The molecule has 0 spiro atoms. The third-order valence-corrected chi connectivity index (χ3v) is 5.16. The second kappa shape index (κ2) is 6.97. The molecule has 5 nitrogen and oxygen atoms in total. The molecule has 0 radical (unpaired) electrons. The monoisotopic (exact) mass is 396 g/mol. The minimum atomic E-state index is -0.240. The van der Waals surface area contributed by atoms with Gasteiger partial charge in [0.05, 0.1) is 23.2 Å². The van der Waals surface area contributed by atoms with Gasteiger partial charge in [-0.3, -0.25) is 9.59 Å². The average Bonchev–Trinajstić information content (AvgIpc) is 3.29. The molecule has 7 heteroatoms. The van der Waals surface area contributed by atoms with Gasteiger partial charge in [0, 0.05) is 16.9 Å². The average molecular weight is 397 g/mol. The number of thiazole rings is 1. The lowest BCUT2D eigenvalue weighted by atomic mass is 10.3. The standard InChI is InChI=1S/C16H17BrN2O3S/c1-2-22-14(20)7-8-19-12-6-5-11(17)9-13(12)23-16(19)18-15(21)10-3-4-10/h5-6,9-10H,2-4,7-8H2,1H3. The van der Waals surface area contributed by atoms with Crippen LogP contribution in [0.25, 0.3) is 10.2 Å². The molecule has 0 bridgehead atoms. The Morgan fingerprint density at radius 2 is 2.22 bits per heavy atom. The minimum absolute atomic E-state index is 0.0551. The maximum Gasteiger partial charge on any atom is 0.307 e. The van der Waals surface area contributed by atoms with Crippen LogP contribution in [0.15, 0.2) is 27.7 Å². The number of carbonyl (C=O) groups is 2. The highest BCUT2D eigenvalue weighted by Gasteiger charge is 2.29. The first-order valence-corrected chi connectivity index (χ1v) is 9.22. The predicted molar refractivity (Wildman–Crippen MR) is 92.1 cm³/mol. The molecular formula is C16H17BrN2O3S. The van der Waals surface area contributed by atoms with Crippen molar-refractivity contribution < 1.29 is 14.3 Å². The van der Waals surface area contributed by atoms with Crippen molar-refractivity contribution in [3.8, 4) is 0 Å². The number of ether oxygens (including phenoxy) is 1. The van der Waals surface area contributed by atoms with E-state index in [1.54, 1.807) is 6.92 Å². The van der Waals surface area contributed by atoms with E-state index in [4.69, 9.17) is 4.74 Å². The smallest absolute Gasteiger partial charge is 0.307 e. The summed E-state index contributed by atoms with van der Waals surface area (Å²) in [7, 11) is 0. The van der Waals surface area contributed by atoms with Gasteiger partial charge in [0.1, 0.15) is 0 Å². The number of amides is 1. The Hall–Kier alpha value is -1.47. The Balaban J connectivity index is 1.97. The summed E-state index contributed by atoms with van der Waals surface area (Å²) in [4.78, 5) is 28.6. The number of rotatable bonds is 5. The summed E-state index contributed by atoms with van der Waals surface area (Å²) < 4.78 is 8.93. The second-order valence-electron chi connectivity index (χ2n) is 5.43. The summed E-state index contributed by atoms with van der Waals surface area (Å²) in [5, 5.41) is 0. The zero-order valence-corrected chi connectivity index (χ0v) is 15.2. The Morgan fingerprint density at radius 1 is 1.43 bits per heavy atom. The van der Waals surface area contributed by atoms with Crippen molar-refractivity contribution in [3.63, 3.8) is 0 Å². The number of aryl methyl sites for hydroxylation is 1. The molecule has 1 saturated carbocycles. The fourth-order valence-electron chi connectivity index (χ4n) is 2.30. The Kier molecular flexibility index (Phi) is 4.96. The molecule has 3 rings (SSSR count). The Labute approximate surface area is 146 Å².